The highest BCUT2D eigenvalue weighted by molar-refractivity contribution is 6.24. The fraction of sp³-hybridized carbons (Fsp3) is 0.333. The van der Waals surface area contributed by atoms with Gasteiger partial charge >= 0.3 is 5.97 Å². The molecule has 1 aromatic carbocycles. The summed E-state index contributed by atoms with van der Waals surface area (Å²) >= 11 is 0. The Bertz CT molecular complexity index is 674. The van der Waals surface area contributed by atoms with Crippen molar-refractivity contribution in [1.82, 2.24) is 0 Å². The fourth-order valence-corrected chi connectivity index (χ4v) is 2.28. The summed E-state index contributed by atoms with van der Waals surface area (Å²) in [6.07, 6.45) is 5.10. The van der Waals surface area contributed by atoms with Crippen LogP contribution in [0, 0.1) is 0 Å². The molecule has 0 fully saturated rings. The van der Waals surface area contributed by atoms with Crippen LogP contribution in [0.1, 0.15) is 31.4 Å². The summed E-state index contributed by atoms with van der Waals surface area (Å²) < 4.78 is 11.3. The molecule has 1 aromatic rings. The smallest absolute Gasteiger partial charge is 0.367 e. The van der Waals surface area contributed by atoms with Crippen LogP contribution in [0.3, 0.4) is 0 Å². The summed E-state index contributed by atoms with van der Waals surface area (Å²) in [6, 6.07) is 3.80. The van der Waals surface area contributed by atoms with Crippen LogP contribution in [0.2, 0.25) is 0 Å². The molecular weight excluding hydrogens is 294 g/mol. The second-order valence-electron chi connectivity index (χ2n) is 5.17. The Hall–Kier alpha value is -2.56. The van der Waals surface area contributed by atoms with Crippen LogP contribution in [0.4, 0.5) is 0 Å². The van der Waals surface area contributed by atoms with Gasteiger partial charge in [0, 0.05) is 5.56 Å². The number of carbonyl (C=O) groups excluding carboxylic acids is 1. The lowest BCUT2D eigenvalue weighted by Crippen LogP contribution is -2.04. The van der Waals surface area contributed by atoms with Crippen LogP contribution in [0.15, 0.2) is 35.5 Å². The molecule has 0 aromatic heterocycles. The lowest BCUT2D eigenvalue weighted by Gasteiger charge is -2.15. The SMILES string of the molecule is C=CCc1cc(/C=C2\C(=O)ON=C2C)cc(OC)c1OCCC. The lowest BCUT2D eigenvalue weighted by molar-refractivity contribution is -0.136. The number of benzene rings is 1. The van der Waals surface area contributed by atoms with E-state index in [2.05, 4.69) is 16.6 Å². The molecule has 0 unspecified atom stereocenters. The van der Waals surface area contributed by atoms with E-state index in [-0.39, 0.29) is 0 Å². The summed E-state index contributed by atoms with van der Waals surface area (Å²) in [7, 11) is 1.60. The van der Waals surface area contributed by atoms with Crippen LogP contribution in [-0.2, 0) is 16.1 Å². The predicted molar refractivity (Wildman–Crippen MR) is 89.9 cm³/mol. The second-order valence-corrected chi connectivity index (χ2v) is 5.17. The Morgan fingerprint density at radius 1 is 1.39 bits per heavy atom. The summed E-state index contributed by atoms with van der Waals surface area (Å²) in [5, 5.41) is 3.68. The van der Waals surface area contributed by atoms with Gasteiger partial charge in [0.1, 0.15) is 0 Å². The topological polar surface area (TPSA) is 57.1 Å². The Morgan fingerprint density at radius 3 is 2.74 bits per heavy atom. The molecule has 1 heterocycles. The van der Waals surface area contributed by atoms with Crippen molar-refractivity contribution in [2.75, 3.05) is 13.7 Å². The normalized spacial score (nSPS) is 15.3. The van der Waals surface area contributed by atoms with E-state index in [1.54, 1.807) is 26.2 Å². The highest BCUT2D eigenvalue weighted by atomic mass is 16.7. The molecule has 0 saturated heterocycles. The molecule has 5 nitrogen and oxygen atoms in total. The van der Waals surface area contributed by atoms with Crippen molar-refractivity contribution >= 4 is 17.8 Å². The largest absolute Gasteiger partial charge is 0.493 e. The minimum Gasteiger partial charge on any atom is -0.493 e. The van der Waals surface area contributed by atoms with E-state index < -0.39 is 5.97 Å². The van der Waals surface area contributed by atoms with Gasteiger partial charge < -0.3 is 14.3 Å². The van der Waals surface area contributed by atoms with Crippen LogP contribution in [0.5, 0.6) is 11.5 Å². The Balaban J connectivity index is 2.47. The number of carbonyl (C=O) groups is 1. The first kappa shape index (κ1) is 16.8. The highest BCUT2D eigenvalue weighted by Crippen LogP contribution is 2.34. The monoisotopic (exact) mass is 315 g/mol. The van der Waals surface area contributed by atoms with Crippen molar-refractivity contribution in [2.24, 2.45) is 5.16 Å². The molecule has 0 amide bonds. The quantitative estimate of drug-likeness (QED) is 0.439. The summed E-state index contributed by atoms with van der Waals surface area (Å²) in [5.74, 6) is 0.902. The molecular formula is C18H21NO4. The maximum atomic E-state index is 11.7. The van der Waals surface area contributed by atoms with E-state index in [0.717, 1.165) is 23.3 Å². The van der Waals surface area contributed by atoms with Gasteiger partial charge in [0.15, 0.2) is 11.5 Å². The zero-order valence-electron chi connectivity index (χ0n) is 13.7. The number of hydrogen-bond donors (Lipinski definition) is 0. The maximum Gasteiger partial charge on any atom is 0.367 e. The van der Waals surface area contributed by atoms with E-state index in [9.17, 15) is 4.79 Å². The minimum absolute atomic E-state index is 0.443. The third-order valence-corrected chi connectivity index (χ3v) is 3.37. The molecule has 0 N–H and O–H groups in total. The number of ether oxygens (including phenoxy) is 2. The van der Waals surface area contributed by atoms with Crippen molar-refractivity contribution in [3.8, 4) is 11.5 Å². The van der Waals surface area contributed by atoms with Crippen LogP contribution >= 0.6 is 0 Å². The molecule has 5 heteroatoms. The van der Waals surface area contributed by atoms with Crippen molar-refractivity contribution < 1.29 is 19.1 Å². The van der Waals surface area contributed by atoms with Gasteiger partial charge in [-0.3, -0.25) is 0 Å². The van der Waals surface area contributed by atoms with Crippen LogP contribution in [0.25, 0.3) is 6.08 Å². The third kappa shape index (κ3) is 3.80. The van der Waals surface area contributed by atoms with Gasteiger partial charge in [0.2, 0.25) is 0 Å². The van der Waals surface area contributed by atoms with Crippen LogP contribution in [-0.4, -0.2) is 25.4 Å². The molecule has 0 aliphatic carbocycles. The summed E-state index contributed by atoms with van der Waals surface area (Å²) in [6.45, 7) is 8.18. The molecule has 0 spiro atoms. The number of allylic oxidation sites excluding steroid dienone is 1. The first-order chi connectivity index (χ1) is 11.1. The van der Waals surface area contributed by atoms with Crippen LogP contribution < -0.4 is 9.47 Å². The number of oxime groups is 1. The zero-order chi connectivity index (χ0) is 16.8. The molecule has 0 radical (unpaired) electrons. The Morgan fingerprint density at radius 2 is 2.17 bits per heavy atom. The number of nitrogens with zero attached hydrogens (tertiary/aromatic N) is 1. The first-order valence-corrected chi connectivity index (χ1v) is 7.53. The van der Waals surface area contributed by atoms with Gasteiger partial charge in [0.25, 0.3) is 0 Å². The van der Waals surface area contributed by atoms with Gasteiger partial charge in [-0.2, -0.15) is 0 Å². The van der Waals surface area contributed by atoms with Gasteiger partial charge in [0.05, 0.1) is 25.0 Å². The minimum atomic E-state index is -0.446. The van der Waals surface area contributed by atoms with Gasteiger partial charge in [-0.05, 0) is 43.5 Å². The highest BCUT2D eigenvalue weighted by Gasteiger charge is 2.22. The van der Waals surface area contributed by atoms with E-state index in [1.165, 1.54) is 0 Å². The molecule has 2 rings (SSSR count). The average molecular weight is 315 g/mol. The molecule has 23 heavy (non-hydrogen) atoms. The summed E-state index contributed by atoms with van der Waals surface area (Å²) in [5.41, 5.74) is 2.79. The van der Waals surface area contributed by atoms with Gasteiger partial charge in [-0.15, -0.1) is 6.58 Å². The lowest BCUT2D eigenvalue weighted by atomic mass is 10.0. The standard InChI is InChI=1S/C18H21NO4/c1-5-7-14-9-13(10-15-12(3)19-23-18(15)20)11-16(21-4)17(14)22-8-6-2/h5,9-11H,1,6-8H2,2-4H3/b15-10-. The molecule has 0 saturated carbocycles. The zero-order valence-corrected chi connectivity index (χ0v) is 13.7. The van der Waals surface area contributed by atoms with Gasteiger partial charge in [-0.1, -0.05) is 18.2 Å². The van der Waals surface area contributed by atoms with Crippen molar-refractivity contribution in [2.45, 2.75) is 26.7 Å². The number of hydrogen-bond acceptors (Lipinski definition) is 5. The predicted octanol–water partition coefficient (Wildman–Crippen LogP) is 3.53. The number of methoxy groups -OCH3 is 1. The molecule has 0 atom stereocenters. The molecule has 1 aliphatic heterocycles. The molecule has 1 aliphatic rings. The molecule has 122 valence electrons. The molecule has 0 bridgehead atoms. The first-order valence-electron chi connectivity index (χ1n) is 7.53. The Kier molecular flexibility index (Phi) is 5.57. The number of rotatable bonds is 7. The fourth-order valence-electron chi connectivity index (χ4n) is 2.28. The van der Waals surface area contributed by atoms with E-state index in [0.29, 0.717) is 30.1 Å². The third-order valence-electron chi connectivity index (χ3n) is 3.37. The van der Waals surface area contributed by atoms with E-state index >= 15 is 0 Å². The van der Waals surface area contributed by atoms with Gasteiger partial charge in [-0.25, -0.2) is 4.79 Å². The Labute approximate surface area is 136 Å². The second kappa shape index (κ2) is 7.63. The summed E-state index contributed by atoms with van der Waals surface area (Å²) in [4.78, 5) is 16.4. The van der Waals surface area contributed by atoms with E-state index in [4.69, 9.17) is 9.47 Å². The maximum absolute atomic E-state index is 11.7. The van der Waals surface area contributed by atoms with Crippen molar-refractivity contribution in [1.29, 1.82) is 0 Å². The van der Waals surface area contributed by atoms with E-state index in [1.807, 2.05) is 19.1 Å². The van der Waals surface area contributed by atoms with Crippen molar-refractivity contribution in [3.63, 3.8) is 0 Å². The average Bonchev–Trinajstić information content (AvgIpc) is 2.85. The van der Waals surface area contributed by atoms with Crippen molar-refractivity contribution in [3.05, 3.63) is 41.5 Å².